The van der Waals surface area contributed by atoms with E-state index in [4.69, 9.17) is 5.14 Å². The van der Waals surface area contributed by atoms with Crippen LogP contribution in [0, 0.1) is 12.8 Å². The van der Waals surface area contributed by atoms with Crippen LogP contribution in [0.1, 0.15) is 49.3 Å². The van der Waals surface area contributed by atoms with Crippen molar-refractivity contribution < 1.29 is 27.6 Å². The molecule has 0 amide bonds. The zero-order valence-electron chi connectivity index (χ0n) is 20.9. The fraction of sp³-hybridized carbons (Fsp3) is 0.400. The number of fused-ring (bicyclic) bond motifs is 1. The Labute approximate surface area is 238 Å². The summed E-state index contributed by atoms with van der Waals surface area (Å²) in [7, 11) is -4.19. The number of hydrogen-bond acceptors (Lipinski definition) is 11. The van der Waals surface area contributed by atoms with Gasteiger partial charge in [-0.3, -0.25) is 8.98 Å². The lowest BCUT2D eigenvalue weighted by Gasteiger charge is -2.27. The molecule has 1 saturated carbocycles. The number of rotatable bonds is 8. The molecule has 2 aromatic heterocycles. The van der Waals surface area contributed by atoms with Crippen LogP contribution in [0.2, 0.25) is 0 Å². The molecule has 0 saturated heterocycles. The van der Waals surface area contributed by atoms with Crippen LogP contribution in [0.15, 0.2) is 41.3 Å². The Bertz CT molecular complexity index is 1500. The summed E-state index contributed by atoms with van der Waals surface area (Å²) in [5.74, 6) is -0.757. The van der Waals surface area contributed by atoms with Crippen LogP contribution in [-0.4, -0.2) is 65.8 Å². The van der Waals surface area contributed by atoms with E-state index in [1.165, 1.54) is 35.0 Å². The highest BCUT2D eigenvalue weighted by molar-refractivity contribution is 9.10. The van der Waals surface area contributed by atoms with Crippen LogP contribution in [0.5, 0.6) is 0 Å². The molecule has 208 valence electrons. The van der Waals surface area contributed by atoms with Gasteiger partial charge in [0.05, 0.1) is 35.2 Å². The Morgan fingerprint density at radius 3 is 2.85 bits per heavy atom. The summed E-state index contributed by atoms with van der Waals surface area (Å²) < 4.78 is 27.9. The maximum atomic E-state index is 13.7. The second-order valence-corrected chi connectivity index (χ2v) is 13.1. The van der Waals surface area contributed by atoms with Crippen LogP contribution in [0.4, 0.5) is 5.82 Å². The topological polar surface area (TPSA) is 177 Å². The van der Waals surface area contributed by atoms with Gasteiger partial charge in [0.2, 0.25) is 5.78 Å². The first-order valence-corrected chi connectivity index (χ1v) is 15.4. The van der Waals surface area contributed by atoms with Gasteiger partial charge in [0.15, 0.2) is 0 Å². The molecule has 11 nitrogen and oxygen atoms in total. The molecule has 0 spiro atoms. The van der Waals surface area contributed by atoms with Gasteiger partial charge in [-0.15, -0.1) is 11.3 Å². The van der Waals surface area contributed by atoms with Crippen molar-refractivity contribution in [3.8, 4) is 0 Å². The average molecular weight is 639 g/mol. The number of nitrogens with zero attached hydrogens (tertiary/aromatic N) is 2. The number of benzene rings is 1. The number of carbonyl (C=O) groups excluding carboxylic acids is 1. The highest BCUT2D eigenvalue weighted by Crippen LogP contribution is 2.37. The van der Waals surface area contributed by atoms with Crippen LogP contribution in [-0.2, 0) is 20.9 Å². The smallest absolute Gasteiger partial charge is 0.333 e. The Balaban J connectivity index is 1.37. The van der Waals surface area contributed by atoms with Gasteiger partial charge in [-0.05, 0) is 54.7 Å². The molecule has 2 aliphatic rings. The molecule has 0 radical (unpaired) electrons. The summed E-state index contributed by atoms with van der Waals surface area (Å²) in [5, 5.41) is 32.4. The van der Waals surface area contributed by atoms with Crippen molar-refractivity contribution in [2.24, 2.45) is 11.1 Å². The highest BCUT2D eigenvalue weighted by atomic mass is 79.9. The van der Waals surface area contributed by atoms with Crippen LogP contribution >= 0.6 is 27.3 Å². The number of hydrogen-bond donors (Lipinski definition) is 5. The summed E-state index contributed by atoms with van der Waals surface area (Å²) in [4.78, 5) is 23.5. The van der Waals surface area contributed by atoms with Gasteiger partial charge in [0, 0.05) is 28.0 Å². The predicted octanol–water partition coefficient (Wildman–Crippen LogP) is 1.82. The van der Waals surface area contributed by atoms with Gasteiger partial charge in [-0.25, -0.2) is 15.1 Å². The molecule has 1 unspecified atom stereocenters. The van der Waals surface area contributed by atoms with Gasteiger partial charge in [0.1, 0.15) is 18.2 Å². The largest absolute Gasteiger partial charge is 0.390 e. The number of aliphatic hydroxyl groups is 2. The third kappa shape index (κ3) is 6.07. The first-order valence-electron chi connectivity index (χ1n) is 12.3. The number of aromatic nitrogens is 2. The molecular formula is C25H28BrN5O6S2. The molecule has 6 N–H and O–H groups in total. The molecule has 14 heteroatoms. The average Bonchev–Trinajstić information content (AvgIpc) is 3.41. The van der Waals surface area contributed by atoms with E-state index in [0.717, 1.165) is 27.9 Å². The molecule has 1 fully saturated rings. The molecule has 1 aliphatic carbocycles. The zero-order valence-corrected chi connectivity index (χ0v) is 24.1. The molecule has 1 aliphatic heterocycles. The van der Waals surface area contributed by atoms with E-state index in [1.54, 1.807) is 0 Å². The second-order valence-electron chi connectivity index (χ2n) is 9.72. The number of halogens is 1. The number of thiophene rings is 1. The molecule has 1 aromatic carbocycles. The number of nitrogens with one attached hydrogen (secondary N) is 2. The summed E-state index contributed by atoms with van der Waals surface area (Å²) in [5.41, 5.74) is 3.70. The van der Waals surface area contributed by atoms with E-state index in [9.17, 15) is 23.4 Å². The van der Waals surface area contributed by atoms with Crippen molar-refractivity contribution in [3.05, 3.63) is 73.3 Å². The number of aliphatic hydroxyl groups excluding tert-OH is 2. The molecule has 3 aromatic rings. The SMILES string of the molecule is Cc1sc(C(=O)c2cncnc2N[C@@H]2C[C@H](COS(N)(=O)=O)[C@@H](O)[C@H]2O)cc1C1NCCc2ccc(Br)cc21. The van der Waals surface area contributed by atoms with Crippen molar-refractivity contribution in [2.45, 2.75) is 44.1 Å². The summed E-state index contributed by atoms with van der Waals surface area (Å²) in [6.45, 7) is 2.44. The molecule has 3 heterocycles. The summed E-state index contributed by atoms with van der Waals surface area (Å²) in [6, 6.07) is 7.43. The number of carbonyl (C=O) groups is 1. The maximum Gasteiger partial charge on any atom is 0.333 e. The van der Waals surface area contributed by atoms with Crippen molar-refractivity contribution in [1.29, 1.82) is 0 Å². The Morgan fingerprint density at radius 2 is 2.08 bits per heavy atom. The van der Waals surface area contributed by atoms with Crippen molar-refractivity contribution >= 4 is 49.2 Å². The Morgan fingerprint density at radius 1 is 1.28 bits per heavy atom. The molecule has 5 atom stereocenters. The minimum atomic E-state index is -4.19. The lowest BCUT2D eigenvalue weighted by molar-refractivity contribution is 0.00778. The first kappa shape index (κ1) is 28.2. The number of anilines is 1. The Kier molecular flexibility index (Phi) is 8.18. The third-order valence-corrected chi connectivity index (χ3v) is 9.20. The number of nitrogens with two attached hydrogens (primary N) is 1. The van der Waals surface area contributed by atoms with E-state index < -0.39 is 34.5 Å². The number of ketones is 1. The van der Waals surface area contributed by atoms with E-state index in [-0.39, 0.29) is 36.2 Å². The van der Waals surface area contributed by atoms with E-state index in [0.29, 0.717) is 4.88 Å². The quantitative estimate of drug-likeness (QED) is 0.229. The number of aryl methyl sites for hydroxylation is 1. The molecular weight excluding hydrogens is 610 g/mol. The van der Waals surface area contributed by atoms with E-state index >= 15 is 0 Å². The predicted molar refractivity (Wildman–Crippen MR) is 149 cm³/mol. The minimum Gasteiger partial charge on any atom is -0.390 e. The summed E-state index contributed by atoms with van der Waals surface area (Å²) >= 11 is 4.96. The standard InChI is InChI=1S/C25H28BrN5O6S2/c1-12-16(21-17-7-15(26)3-2-13(17)4-5-29-21)8-20(38-12)23(33)18-9-28-11-30-25(18)31-19-6-14(22(32)24(19)34)10-37-39(27,35)36/h2-3,7-9,11,14,19,21-22,24,29,32,34H,4-6,10H2,1H3,(H2,27,35,36)(H,28,30,31)/t14-,19-,21?,22-,24+/m1/s1. The monoisotopic (exact) mass is 637 g/mol. The molecule has 0 bridgehead atoms. The van der Waals surface area contributed by atoms with Gasteiger partial charge in [-0.2, -0.15) is 8.42 Å². The lowest BCUT2D eigenvalue weighted by Crippen LogP contribution is -2.36. The summed E-state index contributed by atoms with van der Waals surface area (Å²) in [6.07, 6.45) is 1.30. The zero-order chi connectivity index (χ0) is 27.9. The highest BCUT2D eigenvalue weighted by Gasteiger charge is 2.42. The van der Waals surface area contributed by atoms with Gasteiger partial charge < -0.3 is 20.8 Å². The van der Waals surface area contributed by atoms with Gasteiger partial charge in [0.25, 0.3) is 0 Å². The van der Waals surface area contributed by atoms with Crippen LogP contribution < -0.4 is 15.8 Å². The van der Waals surface area contributed by atoms with Crippen molar-refractivity contribution in [2.75, 3.05) is 18.5 Å². The van der Waals surface area contributed by atoms with Gasteiger partial charge in [-0.1, -0.05) is 22.0 Å². The molecule has 5 rings (SSSR count). The minimum absolute atomic E-state index is 0.0414. The second kappa shape index (κ2) is 11.3. The fourth-order valence-electron chi connectivity index (χ4n) is 5.23. The van der Waals surface area contributed by atoms with E-state index in [1.807, 2.05) is 19.1 Å². The van der Waals surface area contributed by atoms with Crippen LogP contribution in [0.25, 0.3) is 0 Å². The first-order chi connectivity index (χ1) is 18.5. The Hall–Kier alpha value is -2.30. The van der Waals surface area contributed by atoms with Crippen LogP contribution in [0.3, 0.4) is 0 Å². The maximum absolute atomic E-state index is 13.7. The third-order valence-electron chi connectivity index (χ3n) is 7.18. The van der Waals surface area contributed by atoms with Gasteiger partial charge >= 0.3 is 10.3 Å². The lowest BCUT2D eigenvalue weighted by atomic mass is 9.90. The normalized spacial score (nSPS) is 24.9. The van der Waals surface area contributed by atoms with Crippen molar-refractivity contribution in [3.63, 3.8) is 0 Å². The van der Waals surface area contributed by atoms with E-state index in [2.05, 4.69) is 52.8 Å². The molecule has 39 heavy (non-hydrogen) atoms. The fourth-order valence-corrected chi connectivity index (χ4v) is 6.99. The van der Waals surface area contributed by atoms with Crippen molar-refractivity contribution in [1.82, 2.24) is 15.3 Å².